The molecule has 0 aliphatic heterocycles. The van der Waals surface area contributed by atoms with E-state index < -0.39 is 10.9 Å². The van der Waals surface area contributed by atoms with Crippen LogP contribution in [0, 0.1) is 10.1 Å². The molecule has 2 N–H and O–H groups in total. The van der Waals surface area contributed by atoms with Crippen LogP contribution in [0.25, 0.3) is 0 Å². The summed E-state index contributed by atoms with van der Waals surface area (Å²) in [6.45, 7) is 3.40. The lowest BCUT2D eigenvalue weighted by Crippen LogP contribution is -2.16. The van der Waals surface area contributed by atoms with E-state index in [4.69, 9.17) is 10.5 Å². The molecule has 1 rings (SSSR count). The fraction of sp³-hybridized carbons (Fsp3) is 0.364. The maximum Gasteiger partial charge on any atom is 0.345 e. The minimum atomic E-state index is -0.715. The molecule has 1 aromatic rings. The molecule has 6 nitrogen and oxygen atoms in total. The summed E-state index contributed by atoms with van der Waals surface area (Å²) in [5.41, 5.74) is 5.52. The number of carbonyl (C=O) groups is 1. The molecule has 0 spiro atoms. The predicted octanol–water partition coefficient (Wildman–Crippen LogP) is 1.62. The molecule has 92 valence electrons. The molecule has 0 unspecified atom stereocenters. The number of esters is 1. The van der Waals surface area contributed by atoms with E-state index in [1.165, 1.54) is 12.1 Å². The number of ether oxygens (including phenoxy) is 1. The molecule has 1 aromatic carbocycles. The molecule has 6 heteroatoms. The average Bonchev–Trinajstić information content (AvgIpc) is 2.26. The summed E-state index contributed by atoms with van der Waals surface area (Å²) in [6, 6.07) is 4.33. The lowest BCUT2D eigenvalue weighted by Gasteiger charge is -2.10. The highest BCUT2D eigenvalue weighted by atomic mass is 16.6. The van der Waals surface area contributed by atoms with E-state index in [1.807, 2.05) is 0 Å². The van der Waals surface area contributed by atoms with Crippen LogP contribution in [0.4, 0.5) is 5.69 Å². The van der Waals surface area contributed by atoms with Crippen molar-refractivity contribution in [1.82, 2.24) is 0 Å². The number of hydrogen-bond donors (Lipinski definition) is 1. The molecule has 0 atom stereocenters. The van der Waals surface area contributed by atoms with Crippen LogP contribution < -0.4 is 5.73 Å². The third kappa shape index (κ3) is 3.01. The van der Waals surface area contributed by atoms with E-state index in [0.29, 0.717) is 5.56 Å². The normalized spacial score (nSPS) is 10.4. The molecule has 0 aliphatic carbocycles. The van der Waals surface area contributed by atoms with Crippen molar-refractivity contribution in [3.05, 3.63) is 39.4 Å². The molecule has 0 amide bonds. The third-order valence-electron chi connectivity index (χ3n) is 2.09. The summed E-state index contributed by atoms with van der Waals surface area (Å²) in [7, 11) is 0. The second kappa shape index (κ2) is 5.40. The number of rotatable bonds is 4. The van der Waals surface area contributed by atoms with E-state index >= 15 is 0 Å². The molecule has 0 saturated heterocycles. The first kappa shape index (κ1) is 13.1. The average molecular weight is 238 g/mol. The van der Waals surface area contributed by atoms with E-state index in [9.17, 15) is 14.9 Å². The smallest absolute Gasteiger partial charge is 0.345 e. The summed E-state index contributed by atoms with van der Waals surface area (Å²) in [4.78, 5) is 22.0. The van der Waals surface area contributed by atoms with E-state index in [-0.39, 0.29) is 23.9 Å². The number of nitrogens with two attached hydrogens (primary N) is 1. The van der Waals surface area contributed by atoms with Crippen LogP contribution in [0.2, 0.25) is 0 Å². The zero-order valence-corrected chi connectivity index (χ0v) is 9.67. The second-order valence-corrected chi connectivity index (χ2v) is 3.73. The van der Waals surface area contributed by atoms with Crippen molar-refractivity contribution in [2.75, 3.05) is 0 Å². The van der Waals surface area contributed by atoms with Gasteiger partial charge in [-0.15, -0.1) is 0 Å². The van der Waals surface area contributed by atoms with Crippen molar-refractivity contribution in [3.63, 3.8) is 0 Å². The van der Waals surface area contributed by atoms with Crippen LogP contribution in [-0.2, 0) is 11.3 Å². The zero-order chi connectivity index (χ0) is 13.0. The van der Waals surface area contributed by atoms with Gasteiger partial charge in [0.15, 0.2) is 0 Å². The van der Waals surface area contributed by atoms with Crippen molar-refractivity contribution in [2.24, 2.45) is 5.73 Å². The largest absolute Gasteiger partial charge is 0.459 e. The first-order valence-corrected chi connectivity index (χ1v) is 5.14. The van der Waals surface area contributed by atoms with Crippen LogP contribution in [0.15, 0.2) is 18.2 Å². The molecule has 17 heavy (non-hydrogen) atoms. The molecular weight excluding hydrogens is 224 g/mol. The van der Waals surface area contributed by atoms with E-state index in [0.717, 1.165) is 0 Å². The van der Waals surface area contributed by atoms with Gasteiger partial charge in [0.2, 0.25) is 0 Å². The maximum absolute atomic E-state index is 11.8. The number of nitro benzene ring substituents is 1. The summed E-state index contributed by atoms with van der Waals surface area (Å²) < 4.78 is 4.97. The van der Waals surface area contributed by atoms with Crippen LogP contribution in [-0.4, -0.2) is 17.0 Å². The van der Waals surface area contributed by atoms with Crippen molar-refractivity contribution >= 4 is 11.7 Å². The number of carbonyl (C=O) groups excluding carboxylic acids is 1. The monoisotopic (exact) mass is 238 g/mol. The highest BCUT2D eigenvalue weighted by Crippen LogP contribution is 2.23. The van der Waals surface area contributed by atoms with Gasteiger partial charge < -0.3 is 10.5 Å². The summed E-state index contributed by atoms with van der Waals surface area (Å²) in [5.74, 6) is -0.715. The molecule has 0 aromatic heterocycles. The highest BCUT2D eigenvalue weighted by molar-refractivity contribution is 5.95. The van der Waals surface area contributed by atoms with Gasteiger partial charge in [-0.25, -0.2) is 4.79 Å². The van der Waals surface area contributed by atoms with E-state index in [1.54, 1.807) is 19.9 Å². The SMILES string of the molecule is CC(C)OC(=O)c1c(CN)cccc1[N+](=O)[O-]. The quantitative estimate of drug-likeness (QED) is 0.488. The zero-order valence-electron chi connectivity index (χ0n) is 9.67. The minimum Gasteiger partial charge on any atom is -0.459 e. The fourth-order valence-corrected chi connectivity index (χ4v) is 1.42. The number of nitro groups is 1. The Morgan fingerprint density at radius 1 is 1.53 bits per heavy atom. The standard InChI is InChI=1S/C11H14N2O4/c1-7(2)17-11(14)10-8(6-12)4-3-5-9(10)13(15)16/h3-5,7H,6,12H2,1-2H3. The van der Waals surface area contributed by atoms with Gasteiger partial charge in [-0.1, -0.05) is 12.1 Å². The molecule has 0 saturated carbocycles. The Hall–Kier alpha value is -1.95. The maximum atomic E-state index is 11.8. The van der Waals surface area contributed by atoms with Gasteiger partial charge in [-0.3, -0.25) is 10.1 Å². The Morgan fingerprint density at radius 3 is 2.65 bits per heavy atom. The summed E-state index contributed by atoms with van der Waals surface area (Å²) in [5, 5.41) is 10.8. The van der Waals surface area contributed by atoms with Gasteiger partial charge in [0.05, 0.1) is 11.0 Å². The summed E-state index contributed by atoms with van der Waals surface area (Å²) >= 11 is 0. The lowest BCUT2D eigenvalue weighted by atomic mass is 10.1. The topological polar surface area (TPSA) is 95.5 Å². The van der Waals surface area contributed by atoms with Crippen molar-refractivity contribution in [2.45, 2.75) is 26.5 Å². The Labute approximate surface area is 98.5 Å². The number of nitrogens with zero attached hydrogens (tertiary/aromatic N) is 1. The van der Waals surface area contributed by atoms with Crippen LogP contribution >= 0.6 is 0 Å². The Morgan fingerprint density at radius 2 is 2.18 bits per heavy atom. The van der Waals surface area contributed by atoms with Crippen LogP contribution in [0.5, 0.6) is 0 Å². The fourth-order valence-electron chi connectivity index (χ4n) is 1.42. The first-order chi connectivity index (χ1) is 7.97. The van der Waals surface area contributed by atoms with Gasteiger partial charge in [-0.05, 0) is 19.4 Å². The second-order valence-electron chi connectivity index (χ2n) is 3.73. The molecule has 0 bridgehead atoms. The van der Waals surface area contributed by atoms with Gasteiger partial charge in [0, 0.05) is 12.6 Å². The Bertz CT molecular complexity index is 443. The van der Waals surface area contributed by atoms with Gasteiger partial charge in [0.25, 0.3) is 5.69 Å². The highest BCUT2D eigenvalue weighted by Gasteiger charge is 2.25. The number of benzene rings is 1. The predicted molar refractivity (Wildman–Crippen MR) is 61.5 cm³/mol. The summed E-state index contributed by atoms with van der Waals surface area (Å²) in [6.07, 6.45) is -0.340. The number of hydrogen-bond acceptors (Lipinski definition) is 5. The van der Waals surface area contributed by atoms with Gasteiger partial charge in [0.1, 0.15) is 5.56 Å². The van der Waals surface area contributed by atoms with Crippen molar-refractivity contribution in [3.8, 4) is 0 Å². The van der Waals surface area contributed by atoms with Gasteiger partial charge >= 0.3 is 5.97 Å². The van der Waals surface area contributed by atoms with E-state index in [2.05, 4.69) is 0 Å². The molecule has 0 fully saturated rings. The molecular formula is C11H14N2O4. The first-order valence-electron chi connectivity index (χ1n) is 5.14. The van der Waals surface area contributed by atoms with Crippen molar-refractivity contribution < 1.29 is 14.5 Å². The third-order valence-corrected chi connectivity index (χ3v) is 2.09. The van der Waals surface area contributed by atoms with Crippen molar-refractivity contribution in [1.29, 1.82) is 0 Å². The van der Waals surface area contributed by atoms with Crippen LogP contribution in [0.1, 0.15) is 29.8 Å². The Balaban J connectivity index is 3.26. The Kier molecular flexibility index (Phi) is 4.17. The minimum absolute atomic E-state index is 0.0458. The molecule has 0 heterocycles. The molecule has 0 aliphatic rings. The van der Waals surface area contributed by atoms with Crippen LogP contribution in [0.3, 0.4) is 0 Å². The van der Waals surface area contributed by atoms with Gasteiger partial charge in [-0.2, -0.15) is 0 Å². The lowest BCUT2D eigenvalue weighted by molar-refractivity contribution is -0.385. The molecule has 0 radical (unpaired) electrons.